The van der Waals surface area contributed by atoms with Crippen LogP contribution in [-0.2, 0) is 20.8 Å². The molecule has 0 aliphatic carbocycles. The molecule has 0 aliphatic rings. The van der Waals surface area contributed by atoms with Crippen LogP contribution in [-0.4, -0.2) is 8.80 Å². The molecule has 0 atom stereocenters. The van der Waals surface area contributed by atoms with E-state index in [0.717, 1.165) is 0 Å². The third kappa shape index (κ3) is 87.8. The third-order valence-corrected chi connectivity index (χ3v) is 0. The van der Waals surface area contributed by atoms with Gasteiger partial charge in [0.1, 0.15) is 0 Å². The van der Waals surface area contributed by atoms with Crippen molar-refractivity contribution in [3.63, 3.8) is 0 Å². The molecule has 0 aliphatic heterocycles. The van der Waals surface area contributed by atoms with Crippen LogP contribution in [0.4, 0.5) is 0 Å². The summed E-state index contributed by atoms with van der Waals surface area (Å²) in [5, 5.41) is 0. The molecular formula is C3H9Cl2SiZr. The van der Waals surface area contributed by atoms with Crippen LogP contribution in [0.25, 0.3) is 0 Å². The molecule has 0 bridgehead atoms. The SMILES string of the molecule is C[Si](C)C.[Cl][Zr][Cl]. The average Bonchev–Trinajstić information content (AvgIpc) is 1.33. The zero-order valence-electron chi connectivity index (χ0n) is 4.76. The van der Waals surface area contributed by atoms with Gasteiger partial charge in [-0.1, -0.05) is 19.6 Å². The van der Waals surface area contributed by atoms with Gasteiger partial charge in [0.05, 0.1) is 0 Å². The molecule has 0 nitrogen and oxygen atoms in total. The van der Waals surface area contributed by atoms with E-state index >= 15 is 0 Å². The van der Waals surface area contributed by atoms with Gasteiger partial charge in [0.2, 0.25) is 0 Å². The number of rotatable bonds is 0. The van der Waals surface area contributed by atoms with Crippen molar-refractivity contribution in [1.82, 2.24) is 0 Å². The van der Waals surface area contributed by atoms with E-state index in [0.29, 0.717) is 0 Å². The first-order valence-corrected chi connectivity index (χ1v) is 11.2. The van der Waals surface area contributed by atoms with Crippen molar-refractivity contribution in [1.29, 1.82) is 0 Å². The van der Waals surface area contributed by atoms with Gasteiger partial charge in [-0.3, -0.25) is 0 Å². The minimum atomic E-state index is -0.826. The predicted molar refractivity (Wildman–Crippen MR) is 35.1 cm³/mol. The van der Waals surface area contributed by atoms with Crippen LogP contribution in [0, 0.1) is 0 Å². The summed E-state index contributed by atoms with van der Waals surface area (Å²) in [4.78, 5) is 0. The molecule has 0 unspecified atom stereocenters. The van der Waals surface area contributed by atoms with Crippen LogP contribution in [0.15, 0.2) is 0 Å². The van der Waals surface area contributed by atoms with E-state index in [4.69, 9.17) is 17.0 Å². The van der Waals surface area contributed by atoms with E-state index in [2.05, 4.69) is 19.6 Å². The second-order valence-electron chi connectivity index (χ2n) is 1.57. The summed E-state index contributed by atoms with van der Waals surface area (Å²) >= 11 is -0.826. The Morgan fingerprint density at radius 2 is 1.14 bits per heavy atom. The normalized spacial score (nSPS) is 7.14. The van der Waals surface area contributed by atoms with Gasteiger partial charge in [-0.2, -0.15) is 0 Å². The van der Waals surface area contributed by atoms with Crippen molar-refractivity contribution in [3.8, 4) is 0 Å². The maximum absolute atomic E-state index is 4.93. The summed E-state index contributed by atoms with van der Waals surface area (Å²) < 4.78 is 0. The molecule has 4 heteroatoms. The third-order valence-electron chi connectivity index (χ3n) is 0. The zero-order valence-corrected chi connectivity index (χ0v) is 9.73. The van der Waals surface area contributed by atoms with Gasteiger partial charge in [-0.25, -0.2) is 0 Å². The molecule has 0 N–H and O–H groups in total. The number of hydrogen-bond donors (Lipinski definition) is 0. The summed E-state index contributed by atoms with van der Waals surface area (Å²) in [6.45, 7) is 6.81. The van der Waals surface area contributed by atoms with Crippen LogP contribution in [0.3, 0.4) is 0 Å². The molecule has 43 valence electrons. The van der Waals surface area contributed by atoms with Gasteiger partial charge in [0.15, 0.2) is 0 Å². The van der Waals surface area contributed by atoms with Crippen molar-refractivity contribution in [2.45, 2.75) is 19.6 Å². The van der Waals surface area contributed by atoms with Gasteiger partial charge >= 0.3 is 37.9 Å². The van der Waals surface area contributed by atoms with Gasteiger partial charge in [0, 0.05) is 8.80 Å². The van der Waals surface area contributed by atoms with Crippen molar-refractivity contribution in [3.05, 3.63) is 0 Å². The summed E-state index contributed by atoms with van der Waals surface area (Å²) in [7, 11) is 9.99. The van der Waals surface area contributed by atoms with E-state index in [-0.39, 0.29) is 8.80 Å². The molecule has 0 heterocycles. The molecule has 0 aromatic carbocycles. The average molecular weight is 235 g/mol. The first kappa shape index (κ1) is 11.5. The fourth-order valence-corrected chi connectivity index (χ4v) is 0. The molecule has 7 heavy (non-hydrogen) atoms. The van der Waals surface area contributed by atoms with Crippen LogP contribution < -0.4 is 0 Å². The second kappa shape index (κ2) is 10.6. The van der Waals surface area contributed by atoms with Crippen LogP contribution >= 0.6 is 17.0 Å². The van der Waals surface area contributed by atoms with Gasteiger partial charge < -0.3 is 0 Å². The minimum absolute atomic E-state index is 0.120. The number of halogens is 2. The molecule has 0 saturated heterocycles. The van der Waals surface area contributed by atoms with E-state index < -0.39 is 20.8 Å². The van der Waals surface area contributed by atoms with E-state index in [1.165, 1.54) is 0 Å². The van der Waals surface area contributed by atoms with E-state index in [1.54, 1.807) is 0 Å². The monoisotopic (exact) mass is 233 g/mol. The Morgan fingerprint density at radius 3 is 1.14 bits per heavy atom. The molecule has 0 fully saturated rings. The van der Waals surface area contributed by atoms with Gasteiger partial charge in [0.25, 0.3) is 0 Å². The van der Waals surface area contributed by atoms with Crippen LogP contribution in [0.1, 0.15) is 0 Å². The van der Waals surface area contributed by atoms with Gasteiger partial charge in [-0.05, 0) is 0 Å². The van der Waals surface area contributed by atoms with Crippen molar-refractivity contribution < 1.29 is 20.8 Å². The first-order chi connectivity index (χ1) is 3.15. The maximum atomic E-state index is 4.93. The molecule has 0 rings (SSSR count). The topological polar surface area (TPSA) is 0 Å². The van der Waals surface area contributed by atoms with Crippen molar-refractivity contribution >= 4 is 25.8 Å². The molecule has 0 saturated carbocycles. The molecule has 0 aromatic rings. The van der Waals surface area contributed by atoms with Crippen LogP contribution in [0.2, 0.25) is 19.6 Å². The fourth-order valence-electron chi connectivity index (χ4n) is 0. The molecular weight excluding hydrogens is 226 g/mol. The summed E-state index contributed by atoms with van der Waals surface area (Å²) in [5.41, 5.74) is 0. The van der Waals surface area contributed by atoms with Crippen molar-refractivity contribution in [2.75, 3.05) is 0 Å². The predicted octanol–water partition coefficient (Wildman–Crippen LogP) is 2.75. The van der Waals surface area contributed by atoms with Crippen molar-refractivity contribution in [2.24, 2.45) is 0 Å². The Bertz CT molecular complexity index is 24.1. The van der Waals surface area contributed by atoms with Gasteiger partial charge in [-0.15, -0.1) is 0 Å². The number of hydrogen-bond acceptors (Lipinski definition) is 0. The standard InChI is InChI=1S/C3H9Si.2ClH.Zr/c1-4(2)3;;;/h1-3H3;2*1H;/q;;;+2/p-2. The summed E-state index contributed by atoms with van der Waals surface area (Å²) in [6.07, 6.45) is 0. The van der Waals surface area contributed by atoms with E-state index in [1.807, 2.05) is 0 Å². The Morgan fingerprint density at radius 1 is 1.14 bits per heavy atom. The summed E-state index contributed by atoms with van der Waals surface area (Å²) in [5.74, 6) is 0. The Hall–Kier alpha value is 1.68. The zero-order chi connectivity index (χ0) is 6.28. The summed E-state index contributed by atoms with van der Waals surface area (Å²) in [6, 6.07) is 0. The quantitative estimate of drug-likeness (QED) is 0.566. The first-order valence-electron chi connectivity index (χ1n) is 1.88. The Labute approximate surface area is 65.9 Å². The molecule has 0 aromatic heterocycles. The second-order valence-corrected chi connectivity index (χ2v) is 8.30. The van der Waals surface area contributed by atoms with E-state index in [9.17, 15) is 0 Å². The molecule has 1 radical (unpaired) electrons. The molecule has 0 spiro atoms. The Balaban J connectivity index is 0. The van der Waals surface area contributed by atoms with Crippen LogP contribution in [0.5, 0.6) is 0 Å². The molecule has 0 amide bonds. The Kier molecular flexibility index (Phi) is 17.4. The fraction of sp³-hybridized carbons (Fsp3) is 1.00.